The van der Waals surface area contributed by atoms with Crippen molar-refractivity contribution in [2.75, 3.05) is 19.4 Å². The average molecular weight is 299 g/mol. The molecule has 0 aliphatic carbocycles. The van der Waals surface area contributed by atoms with Crippen LogP contribution in [0.3, 0.4) is 0 Å². The summed E-state index contributed by atoms with van der Waals surface area (Å²) < 4.78 is 5.21. The Kier molecular flexibility index (Phi) is 4.51. The summed E-state index contributed by atoms with van der Waals surface area (Å²) in [6, 6.07) is 17.4. The molecule has 2 nitrogen and oxygen atoms in total. The third kappa shape index (κ3) is 3.25. The standard InChI is InChI=1S/C18H21NOS/c1-13(14-7-9-16(20-2)10-8-14)19-11-15-12-21-18-6-4-3-5-17(15)18/h3-10,13,15,19H,11-12H2,1-2H3/t13-,15?/m0/s1. The number of ether oxygens (including phenoxy) is 1. The Morgan fingerprint density at radius 1 is 1.19 bits per heavy atom. The molecule has 0 saturated heterocycles. The van der Waals surface area contributed by atoms with Crippen LogP contribution in [0.4, 0.5) is 0 Å². The van der Waals surface area contributed by atoms with E-state index in [1.54, 1.807) is 7.11 Å². The van der Waals surface area contributed by atoms with E-state index in [0.717, 1.165) is 12.3 Å². The third-order valence-electron chi connectivity index (χ3n) is 4.09. The Balaban J connectivity index is 1.60. The van der Waals surface area contributed by atoms with Gasteiger partial charge in [0.05, 0.1) is 7.11 Å². The normalized spacial score (nSPS) is 18.3. The topological polar surface area (TPSA) is 21.3 Å². The number of rotatable bonds is 5. The van der Waals surface area contributed by atoms with Gasteiger partial charge in [-0.05, 0) is 36.2 Å². The Hall–Kier alpha value is -1.45. The van der Waals surface area contributed by atoms with E-state index in [4.69, 9.17) is 4.74 Å². The van der Waals surface area contributed by atoms with Gasteiger partial charge in [-0.25, -0.2) is 0 Å². The lowest BCUT2D eigenvalue weighted by molar-refractivity contribution is 0.414. The summed E-state index contributed by atoms with van der Waals surface area (Å²) >= 11 is 1.97. The molecule has 21 heavy (non-hydrogen) atoms. The van der Waals surface area contributed by atoms with Crippen LogP contribution in [-0.4, -0.2) is 19.4 Å². The lowest BCUT2D eigenvalue weighted by atomic mass is 10.0. The summed E-state index contributed by atoms with van der Waals surface area (Å²) in [4.78, 5) is 1.45. The van der Waals surface area contributed by atoms with Gasteiger partial charge in [-0.1, -0.05) is 30.3 Å². The molecule has 3 rings (SSSR count). The van der Waals surface area contributed by atoms with Gasteiger partial charge >= 0.3 is 0 Å². The summed E-state index contributed by atoms with van der Waals surface area (Å²) in [5.74, 6) is 2.71. The fourth-order valence-electron chi connectivity index (χ4n) is 2.73. The molecule has 110 valence electrons. The monoisotopic (exact) mass is 299 g/mol. The van der Waals surface area contributed by atoms with Gasteiger partial charge in [0.25, 0.3) is 0 Å². The number of hydrogen-bond donors (Lipinski definition) is 1. The van der Waals surface area contributed by atoms with Gasteiger partial charge in [-0.2, -0.15) is 0 Å². The van der Waals surface area contributed by atoms with Crippen molar-refractivity contribution in [2.45, 2.75) is 23.8 Å². The van der Waals surface area contributed by atoms with Crippen LogP contribution in [0.5, 0.6) is 5.75 Å². The highest BCUT2D eigenvalue weighted by molar-refractivity contribution is 7.99. The molecule has 1 unspecified atom stereocenters. The van der Waals surface area contributed by atoms with Crippen molar-refractivity contribution >= 4 is 11.8 Å². The molecule has 0 fully saturated rings. The van der Waals surface area contributed by atoms with Crippen LogP contribution in [0.2, 0.25) is 0 Å². The van der Waals surface area contributed by atoms with Crippen LogP contribution in [0.25, 0.3) is 0 Å². The zero-order chi connectivity index (χ0) is 14.7. The van der Waals surface area contributed by atoms with Gasteiger partial charge in [-0.3, -0.25) is 0 Å². The van der Waals surface area contributed by atoms with Crippen LogP contribution in [0.1, 0.15) is 30.0 Å². The SMILES string of the molecule is COc1ccc([C@H](C)NCC2CSc3ccccc32)cc1. The highest BCUT2D eigenvalue weighted by atomic mass is 32.2. The molecule has 2 aromatic rings. The summed E-state index contributed by atoms with van der Waals surface area (Å²) in [6.07, 6.45) is 0. The molecule has 0 amide bonds. The van der Waals surface area contributed by atoms with E-state index in [1.807, 2.05) is 23.9 Å². The minimum absolute atomic E-state index is 0.355. The quantitative estimate of drug-likeness (QED) is 0.892. The number of fused-ring (bicyclic) bond motifs is 1. The predicted octanol–water partition coefficient (Wildman–Crippen LogP) is 4.24. The highest BCUT2D eigenvalue weighted by Crippen LogP contribution is 2.39. The van der Waals surface area contributed by atoms with Gasteiger partial charge in [0.2, 0.25) is 0 Å². The third-order valence-corrected chi connectivity index (χ3v) is 5.34. The van der Waals surface area contributed by atoms with Crippen molar-refractivity contribution in [3.63, 3.8) is 0 Å². The molecule has 1 N–H and O–H groups in total. The van der Waals surface area contributed by atoms with Crippen LogP contribution >= 0.6 is 11.8 Å². The smallest absolute Gasteiger partial charge is 0.118 e. The fraction of sp³-hybridized carbons (Fsp3) is 0.333. The van der Waals surface area contributed by atoms with Crippen LogP contribution in [0, 0.1) is 0 Å². The van der Waals surface area contributed by atoms with Crippen molar-refractivity contribution in [3.05, 3.63) is 59.7 Å². The number of thioether (sulfide) groups is 1. The zero-order valence-electron chi connectivity index (χ0n) is 12.5. The number of hydrogen-bond acceptors (Lipinski definition) is 3. The molecular formula is C18H21NOS. The summed E-state index contributed by atoms with van der Waals surface area (Å²) in [7, 11) is 1.70. The lowest BCUT2D eigenvalue weighted by Crippen LogP contribution is -2.24. The number of nitrogens with one attached hydrogen (secondary N) is 1. The first-order valence-electron chi connectivity index (χ1n) is 7.37. The fourth-order valence-corrected chi connectivity index (χ4v) is 3.98. The minimum atomic E-state index is 0.355. The van der Waals surface area contributed by atoms with E-state index < -0.39 is 0 Å². The summed E-state index contributed by atoms with van der Waals surface area (Å²) in [6.45, 7) is 3.24. The summed E-state index contributed by atoms with van der Waals surface area (Å²) in [5.41, 5.74) is 2.80. The van der Waals surface area contributed by atoms with Crippen LogP contribution < -0.4 is 10.1 Å². The van der Waals surface area contributed by atoms with Crippen molar-refractivity contribution in [1.82, 2.24) is 5.32 Å². The average Bonchev–Trinajstić information content (AvgIpc) is 2.96. The van der Waals surface area contributed by atoms with Crippen molar-refractivity contribution in [1.29, 1.82) is 0 Å². The summed E-state index contributed by atoms with van der Waals surface area (Å²) in [5, 5.41) is 3.67. The second-order valence-corrected chi connectivity index (χ2v) is 6.51. The molecule has 3 heteroatoms. The van der Waals surface area contributed by atoms with Gasteiger partial charge in [0.1, 0.15) is 5.75 Å². The molecule has 0 saturated carbocycles. The minimum Gasteiger partial charge on any atom is -0.497 e. The van der Waals surface area contributed by atoms with E-state index in [9.17, 15) is 0 Å². The molecule has 0 spiro atoms. The van der Waals surface area contributed by atoms with Gasteiger partial charge in [-0.15, -0.1) is 11.8 Å². The first-order valence-corrected chi connectivity index (χ1v) is 8.35. The zero-order valence-corrected chi connectivity index (χ0v) is 13.3. The number of benzene rings is 2. The Bertz CT molecular complexity index is 596. The predicted molar refractivity (Wildman–Crippen MR) is 89.3 cm³/mol. The molecule has 0 radical (unpaired) electrons. The van der Waals surface area contributed by atoms with Gasteiger partial charge in [0.15, 0.2) is 0 Å². The first-order chi connectivity index (χ1) is 10.3. The largest absolute Gasteiger partial charge is 0.497 e. The van der Waals surface area contributed by atoms with Crippen LogP contribution in [0.15, 0.2) is 53.4 Å². The molecule has 1 heterocycles. The van der Waals surface area contributed by atoms with E-state index in [0.29, 0.717) is 12.0 Å². The first kappa shape index (κ1) is 14.5. The molecular weight excluding hydrogens is 278 g/mol. The molecule has 2 atom stereocenters. The highest BCUT2D eigenvalue weighted by Gasteiger charge is 2.22. The van der Waals surface area contributed by atoms with E-state index in [1.165, 1.54) is 21.8 Å². The molecule has 1 aliphatic heterocycles. The second kappa shape index (κ2) is 6.54. The Morgan fingerprint density at radius 3 is 2.71 bits per heavy atom. The maximum absolute atomic E-state index is 5.21. The van der Waals surface area contributed by atoms with Gasteiger partial charge in [0, 0.05) is 29.2 Å². The molecule has 2 aromatic carbocycles. The molecule has 0 bridgehead atoms. The van der Waals surface area contributed by atoms with Crippen LogP contribution in [-0.2, 0) is 0 Å². The van der Waals surface area contributed by atoms with Crippen molar-refractivity contribution < 1.29 is 4.74 Å². The Morgan fingerprint density at radius 2 is 1.95 bits per heavy atom. The van der Waals surface area contributed by atoms with E-state index in [2.05, 4.69) is 48.6 Å². The van der Waals surface area contributed by atoms with E-state index >= 15 is 0 Å². The van der Waals surface area contributed by atoms with Crippen molar-refractivity contribution in [3.8, 4) is 5.75 Å². The van der Waals surface area contributed by atoms with E-state index in [-0.39, 0.29) is 0 Å². The maximum Gasteiger partial charge on any atom is 0.118 e. The molecule has 0 aromatic heterocycles. The Labute approximate surface area is 130 Å². The lowest BCUT2D eigenvalue weighted by Gasteiger charge is -2.18. The maximum atomic E-state index is 5.21. The van der Waals surface area contributed by atoms with Gasteiger partial charge < -0.3 is 10.1 Å². The molecule has 1 aliphatic rings. The second-order valence-electron chi connectivity index (χ2n) is 5.45. The number of methoxy groups -OCH3 is 1. The van der Waals surface area contributed by atoms with Crippen molar-refractivity contribution in [2.24, 2.45) is 0 Å².